The van der Waals surface area contributed by atoms with Crippen molar-refractivity contribution in [2.24, 2.45) is 0 Å². The molecule has 0 atom stereocenters. The van der Waals surface area contributed by atoms with Gasteiger partial charge in [0, 0.05) is 28.3 Å². The van der Waals surface area contributed by atoms with Crippen LogP contribution in [0.15, 0.2) is 53.8 Å². The molecule has 0 radical (unpaired) electrons. The Bertz CT molecular complexity index is 1130. The van der Waals surface area contributed by atoms with Crippen molar-refractivity contribution in [3.8, 4) is 0 Å². The molecule has 0 aliphatic heterocycles. The van der Waals surface area contributed by atoms with Gasteiger partial charge < -0.3 is 4.98 Å². The van der Waals surface area contributed by atoms with Crippen LogP contribution in [0.3, 0.4) is 0 Å². The van der Waals surface area contributed by atoms with Crippen molar-refractivity contribution in [3.05, 3.63) is 53.9 Å². The first-order valence-electron chi connectivity index (χ1n) is 6.63. The number of nitrogens with zero attached hydrogens (tertiary/aromatic N) is 3. The van der Waals surface area contributed by atoms with E-state index in [4.69, 9.17) is 11.6 Å². The molecule has 0 saturated heterocycles. The van der Waals surface area contributed by atoms with Crippen molar-refractivity contribution >= 4 is 43.7 Å². The van der Waals surface area contributed by atoms with Crippen LogP contribution in [-0.2, 0) is 10.0 Å². The van der Waals surface area contributed by atoms with Gasteiger partial charge in [-0.05, 0) is 30.3 Å². The van der Waals surface area contributed by atoms with Gasteiger partial charge in [-0.15, -0.1) is 4.63 Å². The van der Waals surface area contributed by atoms with Crippen LogP contribution < -0.4 is 4.72 Å². The molecular formula is C14H10ClN5O2S. The zero-order valence-electron chi connectivity index (χ0n) is 11.6. The molecule has 116 valence electrons. The van der Waals surface area contributed by atoms with E-state index in [2.05, 4.69) is 19.9 Å². The summed E-state index contributed by atoms with van der Waals surface area (Å²) in [5.74, 6) is 0. The second-order valence-electron chi connectivity index (χ2n) is 4.90. The van der Waals surface area contributed by atoms with Crippen LogP contribution >= 0.6 is 11.6 Å². The van der Waals surface area contributed by atoms with E-state index < -0.39 is 10.0 Å². The highest BCUT2D eigenvalue weighted by Gasteiger charge is 2.21. The average Bonchev–Trinajstić information content (AvgIpc) is 3.11. The number of nitrogens with one attached hydrogen (secondary N) is 2. The molecule has 0 spiro atoms. The second-order valence-corrected chi connectivity index (χ2v) is 6.99. The van der Waals surface area contributed by atoms with Gasteiger partial charge in [-0.1, -0.05) is 11.6 Å². The van der Waals surface area contributed by atoms with Crippen LogP contribution in [0.5, 0.6) is 0 Å². The summed E-state index contributed by atoms with van der Waals surface area (Å²) in [5, 5.41) is 9.11. The minimum Gasteiger partial charge on any atom is -0.360 e. The Labute approximate surface area is 135 Å². The quantitative estimate of drug-likeness (QED) is 0.596. The fraction of sp³-hybridized carbons (Fsp3) is 0. The maximum Gasteiger partial charge on any atom is 0.264 e. The fourth-order valence-electron chi connectivity index (χ4n) is 2.41. The van der Waals surface area contributed by atoms with E-state index in [1.165, 1.54) is 17.0 Å². The summed E-state index contributed by atoms with van der Waals surface area (Å²) in [5.41, 5.74) is 1.58. The van der Waals surface area contributed by atoms with Gasteiger partial charge in [-0.2, -0.15) is 10.2 Å². The molecule has 0 amide bonds. The van der Waals surface area contributed by atoms with E-state index in [0.29, 0.717) is 27.1 Å². The van der Waals surface area contributed by atoms with Crippen LogP contribution in [0.4, 0.5) is 5.69 Å². The van der Waals surface area contributed by atoms with Gasteiger partial charge >= 0.3 is 0 Å². The number of anilines is 1. The summed E-state index contributed by atoms with van der Waals surface area (Å²) in [7, 11) is -3.78. The maximum absolute atomic E-state index is 12.7. The largest absolute Gasteiger partial charge is 0.360 e. The first kappa shape index (κ1) is 14.0. The third-order valence-corrected chi connectivity index (χ3v) is 5.08. The molecule has 4 rings (SSSR count). The highest BCUT2D eigenvalue weighted by molar-refractivity contribution is 7.93. The summed E-state index contributed by atoms with van der Waals surface area (Å²) >= 11 is 5.92. The van der Waals surface area contributed by atoms with Crippen molar-refractivity contribution in [2.45, 2.75) is 4.90 Å². The second kappa shape index (κ2) is 4.97. The Morgan fingerprint density at radius 3 is 2.96 bits per heavy atom. The predicted molar refractivity (Wildman–Crippen MR) is 87.1 cm³/mol. The summed E-state index contributed by atoms with van der Waals surface area (Å²) in [6.07, 6.45) is 4.43. The number of aromatic nitrogens is 4. The Morgan fingerprint density at radius 1 is 1.22 bits per heavy atom. The highest BCUT2D eigenvalue weighted by atomic mass is 35.5. The molecule has 9 heteroatoms. The van der Waals surface area contributed by atoms with Gasteiger partial charge in [0.1, 0.15) is 10.4 Å². The minimum absolute atomic E-state index is 0.146. The van der Waals surface area contributed by atoms with Crippen LogP contribution in [0.1, 0.15) is 0 Å². The number of sulfonamides is 1. The normalized spacial score (nSPS) is 12.0. The molecule has 2 N–H and O–H groups in total. The molecule has 1 aromatic carbocycles. The zero-order valence-corrected chi connectivity index (χ0v) is 13.1. The first-order chi connectivity index (χ1) is 11.0. The molecule has 0 aliphatic rings. The van der Waals surface area contributed by atoms with Gasteiger partial charge in [-0.25, -0.2) is 8.42 Å². The van der Waals surface area contributed by atoms with Gasteiger partial charge in [0.15, 0.2) is 0 Å². The molecule has 0 aliphatic carbocycles. The molecule has 0 unspecified atom stereocenters. The highest BCUT2D eigenvalue weighted by Crippen LogP contribution is 2.27. The van der Waals surface area contributed by atoms with Gasteiger partial charge in [-0.3, -0.25) is 4.72 Å². The van der Waals surface area contributed by atoms with E-state index in [9.17, 15) is 8.42 Å². The summed E-state index contributed by atoms with van der Waals surface area (Å²) < 4.78 is 29.3. The number of aromatic amines is 1. The number of benzene rings is 1. The van der Waals surface area contributed by atoms with E-state index >= 15 is 0 Å². The predicted octanol–water partition coefficient (Wildman–Crippen LogP) is 2.66. The lowest BCUT2D eigenvalue weighted by atomic mass is 10.2. The van der Waals surface area contributed by atoms with Crippen molar-refractivity contribution in [2.75, 3.05) is 4.72 Å². The SMILES string of the molecule is O=S(=O)(Nc1cnn2ncccc12)c1c[nH]c2cc(Cl)ccc12. The Balaban J connectivity index is 1.80. The molecule has 0 saturated carbocycles. The molecule has 3 heterocycles. The van der Waals surface area contributed by atoms with Crippen LogP contribution in [-0.4, -0.2) is 28.2 Å². The molecule has 23 heavy (non-hydrogen) atoms. The molecule has 7 nitrogen and oxygen atoms in total. The average molecular weight is 348 g/mol. The number of rotatable bonds is 3. The van der Waals surface area contributed by atoms with Crippen molar-refractivity contribution < 1.29 is 8.42 Å². The van der Waals surface area contributed by atoms with E-state index in [-0.39, 0.29) is 4.90 Å². The minimum atomic E-state index is -3.78. The maximum atomic E-state index is 12.7. The lowest BCUT2D eigenvalue weighted by Crippen LogP contribution is -2.12. The van der Waals surface area contributed by atoms with Crippen LogP contribution in [0.2, 0.25) is 5.02 Å². The summed E-state index contributed by atoms with van der Waals surface area (Å²) in [4.78, 5) is 3.06. The standard InChI is InChI=1S/C14H10ClN5O2S/c15-9-3-4-10-11(6-9)16-8-14(10)23(21,22)19-12-7-18-20-13(12)2-1-5-17-20/h1-8,16,19H. The van der Waals surface area contributed by atoms with E-state index in [0.717, 1.165) is 0 Å². The Morgan fingerprint density at radius 2 is 2.09 bits per heavy atom. The third-order valence-electron chi connectivity index (χ3n) is 3.44. The third kappa shape index (κ3) is 2.32. The monoisotopic (exact) mass is 347 g/mol. The van der Waals surface area contributed by atoms with Crippen LogP contribution in [0, 0.1) is 0 Å². The Hall–Kier alpha value is -2.58. The fourth-order valence-corrected chi connectivity index (χ4v) is 3.82. The van der Waals surface area contributed by atoms with Crippen LogP contribution in [0.25, 0.3) is 16.4 Å². The van der Waals surface area contributed by atoms with E-state index in [1.54, 1.807) is 36.5 Å². The topological polar surface area (TPSA) is 92.2 Å². The lowest BCUT2D eigenvalue weighted by Gasteiger charge is -2.05. The van der Waals surface area contributed by atoms with E-state index in [1.807, 2.05) is 0 Å². The smallest absolute Gasteiger partial charge is 0.264 e. The molecule has 4 aromatic rings. The summed E-state index contributed by atoms with van der Waals surface area (Å²) in [6, 6.07) is 8.43. The lowest BCUT2D eigenvalue weighted by molar-refractivity contribution is 0.602. The molecular weight excluding hydrogens is 338 g/mol. The summed E-state index contributed by atoms with van der Waals surface area (Å²) in [6.45, 7) is 0. The number of halogens is 1. The molecule has 0 bridgehead atoms. The number of hydrogen-bond acceptors (Lipinski definition) is 4. The first-order valence-corrected chi connectivity index (χ1v) is 8.49. The van der Waals surface area contributed by atoms with Crippen molar-refractivity contribution in [3.63, 3.8) is 0 Å². The van der Waals surface area contributed by atoms with Gasteiger partial charge in [0.25, 0.3) is 10.0 Å². The van der Waals surface area contributed by atoms with Crippen molar-refractivity contribution in [1.29, 1.82) is 0 Å². The molecule has 3 aromatic heterocycles. The Kier molecular flexibility index (Phi) is 3.03. The van der Waals surface area contributed by atoms with Gasteiger partial charge in [0.05, 0.1) is 11.9 Å². The molecule has 0 fully saturated rings. The van der Waals surface area contributed by atoms with Gasteiger partial charge in [0.2, 0.25) is 0 Å². The number of fused-ring (bicyclic) bond motifs is 2. The number of H-pyrrole nitrogens is 1. The zero-order chi connectivity index (χ0) is 16.0. The van der Waals surface area contributed by atoms with Crippen molar-refractivity contribution in [1.82, 2.24) is 19.8 Å². The number of hydrogen-bond donors (Lipinski definition) is 2.